The summed E-state index contributed by atoms with van der Waals surface area (Å²) in [6.07, 6.45) is 21.5. The largest absolute Gasteiger partial charge is 0.497 e. The van der Waals surface area contributed by atoms with Gasteiger partial charge in [-0.25, -0.2) is 0 Å². The van der Waals surface area contributed by atoms with Gasteiger partial charge >= 0.3 is 5.97 Å². The Bertz CT molecular complexity index is 1050. The van der Waals surface area contributed by atoms with Gasteiger partial charge in [-0.2, -0.15) is 0 Å². The molecule has 212 valence electrons. The molecule has 1 heterocycles. The molecule has 0 saturated heterocycles. The minimum atomic E-state index is -0.259. The first-order valence-corrected chi connectivity index (χ1v) is 15.0. The van der Waals surface area contributed by atoms with E-state index in [1.807, 2.05) is 24.3 Å². The summed E-state index contributed by atoms with van der Waals surface area (Å²) in [5.41, 5.74) is 1.24. The van der Waals surface area contributed by atoms with Crippen LogP contribution in [0, 0.1) is 0 Å². The van der Waals surface area contributed by atoms with E-state index in [4.69, 9.17) is 14.2 Å². The molecule has 0 fully saturated rings. The molecular weight excluding hydrogens is 488 g/mol. The van der Waals surface area contributed by atoms with Crippen LogP contribution in [-0.4, -0.2) is 18.9 Å². The van der Waals surface area contributed by atoms with Gasteiger partial charge in [0, 0.05) is 6.42 Å². The topological polar surface area (TPSA) is 61.8 Å². The molecule has 0 atom stereocenters. The highest BCUT2D eigenvalue weighted by molar-refractivity contribution is 6.14. The van der Waals surface area contributed by atoms with Crippen LogP contribution in [0.5, 0.6) is 17.2 Å². The second kappa shape index (κ2) is 17.5. The standard InChI is InChI=1S/C34H46O5/c1-3-4-5-6-7-8-9-10-11-12-13-14-15-16-17-18-33(35)38-29-23-24-31-30(26-29)34(36)32(39-31)25-27-19-21-28(37-2)22-20-27/h19-26H,3-18H2,1-2H3/b32-25-. The van der Waals surface area contributed by atoms with Gasteiger partial charge in [0.05, 0.1) is 12.7 Å². The number of methoxy groups -OCH3 is 1. The number of allylic oxidation sites excluding steroid dienone is 1. The molecule has 1 aliphatic rings. The molecule has 0 N–H and O–H groups in total. The molecule has 3 rings (SSSR count). The van der Waals surface area contributed by atoms with Gasteiger partial charge in [0.15, 0.2) is 5.76 Å². The first-order valence-electron chi connectivity index (χ1n) is 15.0. The van der Waals surface area contributed by atoms with Crippen LogP contribution in [0.15, 0.2) is 48.2 Å². The Morgan fingerprint density at radius 1 is 0.744 bits per heavy atom. The van der Waals surface area contributed by atoms with Gasteiger partial charge in [-0.3, -0.25) is 9.59 Å². The van der Waals surface area contributed by atoms with Crippen LogP contribution in [0.3, 0.4) is 0 Å². The summed E-state index contributed by atoms with van der Waals surface area (Å²) in [5, 5.41) is 0. The normalized spacial score (nSPS) is 13.4. The maximum Gasteiger partial charge on any atom is 0.311 e. The number of esters is 1. The van der Waals surface area contributed by atoms with Gasteiger partial charge in [-0.05, 0) is 48.4 Å². The number of fused-ring (bicyclic) bond motifs is 1. The van der Waals surface area contributed by atoms with E-state index >= 15 is 0 Å². The monoisotopic (exact) mass is 534 g/mol. The van der Waals surface area contributed by atoms with E-state index in [0.29, 0.717) is 23.5 Å². The lowest BCUT2D eigenvalue weighted by molar-refractivity contribution is -0.134. The Hall–Kier alpha value is -3.08. The molecule has 39 heavy (non-hydrogen) atoms. The van der Waals surface area contributed by atoms with Crippen LogP contribution in [-0.2, 0) is 4.79 Å². The minimum Gasteiger partial charge on any atom is -0.497 e. The number of benzene rings is 2. The Balaban J connectivity index is 1.26. The molecule has 5 heteroatoms. The van der Waals surface area contributed by atoms with Gasteiger partial charge in [0.2, 0.25) is 5.78 Å². The predicted molar refractivity (Wildman–Crippen MR) is 158 cm³/mol. The second-order valence-electron chi connectivity index (χ2n) is 10.5. The highest BCUT2D eigenvalue weighted by atomic mass is 16.5. The van der Waals surface area contributed by atoms with Crippen molar-refractivity contribution >= 4 is 17.8 Å². The Kier molecular flexibility index (Phi) is 13.7. The van der Waals surface area contributed by atoms with Crippen molar-refractivity contribution < 1.29 is 23.8 Å². The number of ether oxygens (including phenoxy) is 3. The highest BCUT2D eigenvalue weighted by Crippen LogP contribution is 2.34. The van der Waals surface area contributed by atoms with E-state index in [9.17, 15) is 9.59 Å². The van der Waals surface area contributed by atoms with Gasteiger partial charge in [-0.1, -0.05) is 109 Å². The van der Waals surface area contributed by atoms with Crippen molar-refractivity contribution in [1.82, 2.24) is 0 Å². The van der Waals surface area contributed by atoms with Crippen molar-refractivity contribution in [1.29, 1.82) is 0 Å². The average molecular weight is 535 g/mol. The summed E-state index contributed by atoms with van der Waals surface area (Å²) in [7, 11) is 1.61. The zero-order valence-electron chi connectivity index (χ0n) is 24.0. The summed E-state index contributed by atoms with van der Waals surface area (Å²) in [5.74, 6) is 1.36. The smallest absolute Gasteiger partial charge is 0.311 e. The highest BCUT2D eigenvalue weighted by Gasteiger charge is 2.28. The minimum absolute atomic E-state index is 0.221. The lowest BCUT2D eigenvalue weighted by Gasteiger charge is -2.06. The molecule has 0 amide bonds. The van der Waals surface area contributed by atoms with Crippen molar-refractivity contribution in [3.8, 4) is 17.2 Å². The fourth-order valence-corrected chi connectivity index (χ4v) is 4.91. The van der Waals surface area contributed by atoms with E-state index < -0.39 is 0 Å². The average Bonchev–Trinajstić information content (AvgIpc) is 3.25. The zero-order valence-corrected chi connectivity index (χ0v) is 24.0. The molecule has 5 nitrogen and oxygen atoms in total. The molecule has 2 aromatic carbocycles. The first kappa shape index (κ1) is 30.5. The quantitative estimate of drug-likeness (QED) is 0.0777. The van der Waals surface area contributed by atoms with E-state index in [0.717, 1.165) is 24.2 Å². The second-order valence-corrected chi connectivity index (χ2v) is 10.5. The molecule has 2 aromatic rings. The number of Topliss-reactive ketones (excluding diaryl/α,β-unsaturated/α-hetero) is 1. The molecule has 0 saturated carbocycles. The lowest BCUT2D eigenvalue weighted by Crippen LogP contribution is -2.08. The number of carbonyl (C=O) groups excluding carboxylic acids is 2. The van der Waals surface area contributed by atoms with Crippen LogP contribution in [0.4, 0.5) is 0 Å². The van der Waals surface area contributed by atoms with Gasteiger partial charge in [0.1, 0.15) is 17.2 Å². The van der Waals surface area contributed by atoms with E-state index in [2.05, 4.69) is 6.92 Å². The summed E-state index contributed by atoms with van der Waals surface area (Å²) < 4.78 is 16.4. The lowest BCUT2D eigenvalue weighted by atomic mass is 10.0. The third kappa shape index (κ3) is 10.9. The van der Waals surface area contributed by atoms with Crippen LogP contribution >= 0.6 is 0 Å². The molecule has 0 spiro atoms. The van der Waals surface area contributed by atoms with Crippen molar-refractivity contribution in [2.75, 3.05) is 7.11 Å². The molecule has 0 aliphatic carbocycles. The molecular formula is C34H46O5. The molecule has 0 aromatic heterocycles. The molecule has 1 aliphatic heterocycles. The van der Waals surface area contributed by atoms with Crippen molar-refractivity contribution in [3.05, 3.63) is 59.4 Å². The number of unbranched alkanes of at least 4 members (excludes halogenated alkanes) is 14. The van der Waals surface area contributed by atoms with E-state index in [1.165, 1.54) is 83.5 Å². The molecule has 0 unspecified atom stereocenters. The SMILES string of the molecule is CCCCCCCCCCCCCCCCCC(=O)Oc1ccc2c(c1)C(=O)/C(=C/c1ccc(OC)cc1)O2. The Morgan fingerprint density at radius 2 is 1.28 bits per heavy atom. The van der Waals surface area contributed by atoms with Crippen molar-refractivity contribution in [2.24, 2.45) is 0 Å². The van der Waals surface area contributed by atoms with Crippen LogP contribution in [0.25, 0.3) is 6.08 Å². The number of rotatable bonds is 19. The van der Waals surface area contributed by atoms with E-state index in [-0.39, 0.29) is 17.5 Å². The zero-order chi connectivity index (χ0) is 27.7. The van der Waals surface area contributed by atoms with Crippen molar-refractivity contribution in [2.45, 2.75) is 110 Å². The third-order valence-electron chi connectivity index (χ3n) is 7.27. The van der Waals surface area contributed by atoms with Gasteiger partial charge in [0.25, 0.3) is 0 Å². The Morgan fingerprint density at radius 3 is 1.85 bits per heavy atom. The number of hydrogen-bond acceptors (Lipinski definition) is 5. The summed E-state index contributed by atoms with van der Waals surface area (Å²) in [4.78, 5) is 25.2. The molecule has 0 bridgehead atoms. The van der Waals surface area contributed by atoms with E-state index in [1.54, 1.807) is 31.4 Å². The van der Waals surface area contributed by atoms with Crippen LogP contribution in [0.1, 0.15) is 126 Å². The fraction of sp³-hybridized carbons (Fsp3) is 0.529. The summed E-state index contributed by atoms with van der Waals surface area (Å²) in [6.45, 7) is 2.27. The van der Waals surface area contributed by atoms with Gasteiger partial charge < -0.3 is 14.2 Å². The molecule has 0 radical (unpaired) electrons. The van der Waals surface area contributed by atoms with Crippen LogP contribution < -0.4 is 14.2 Å². The fourth-order valence-electron chi connectivity index (χ4n) is 4.91. The summed E-state index contributed by atoms with van der Waals surface area (Å²) in [6, 6.07) is 12.3. The first-order chi connectivity index (χ1) is 19.1. The van der Waals surface area contributed by atoms with Crippen molar-refractivity contribution in [3.63, 3.8) is 0 Å². The van der Waals surface area contributed by atoms with Crippen LogP contribution in [0.2, 0.25) is 0 Å². The van der Waals surface area contributed by atoms with Gasteiger partial charge in [-0.15, -0.1) is 0 Å². The maximum atomic E-state index is 12.8. The summed E-state index contributed by atoms with van der Waals surface area (Å²) >= 11 is 0. The number of hydrogen-bond donors (Lipinski definition) is 0. The third-order valence-corrected chi connectivity index (χ3v) is 7.27. The number of carbonyl (C=O) groups is 2. The predicted octanol–water partition coefficient (Wildman–Crippen LogP) is 9.48. The number of ketones is 1. The Labute approximate surface area is 234 Å². The maximum absolute atomic E-state index is 12.8.